The fourth-order valence-corrected chi connectivity index (χ4v) is 5.37. The second kappa shape index (κ2) is 8.73. The van der Waals surface area contributed by atoms with Crippen LogP contribution in [-0.4, -0.2) is 23.7 Å². The molecule has 2 aliphatic carbocycles. The molecule has 0 aromatic rings. The number of hydrogen-bond acceptors (Lipinski definition) is 2. The van der Waals surface area contributed by atoms with Gasteiger partial charge >= 0.3 is 0 Å². The molecule has 2 aliphatic rings. The van der Waals surface area contributed by atoms with E-state index in [9.17, 15) is 9.90 Å². The summed E-state index contributed by atoms with van der Waals surface area (Å²) in [7, 11) is 0. The summed E-state index contributed by atoms with van der Waals surface area (Å²) in [6.07, 6.45) is 7.67. The van der Waals surface area contributed by atoms with Gasteiger partial charge in [-0.2, -0.15) is 0 Å². The van der Waals surface area contributed by atoms with Gasteiger partial charge in [0.05, 0.1) is 6.10 Å². The van der Waals surface area contributed by atoms with Crippen molar-refractivity contribution >= 4 is 5.91 Å². The predicted molar refractivity (Wildman–Crippen MR) is 109 cm³/mol. The first-order chi connectivity index (χ1) is 12.2. The van der Waals surface area contributed by atoms with E-state index in [4.69, 9.17) is 0 Å². The number of allylic oxidation sites excluding steroid dienone is 2. The summed E-state index contributed by atoms with van der Waals surface area (Å²) in [6, 6.07) is 0. The predicted octanol–water partition coefficient (Wildman–Crippen LogP) is 4.86. The minimum atomic E-state index is -0.199. The van der Waals surface area contributed by atoms with Crippen LogP contribution in [0.3, 0.4) is 0 Å². The molecule has 0 spiro atoms. The van der Waals surface area contributed by atoms with Crippen molar-refractivity contribution in [3.8, 4) is 0 Å². The number of rotatable bonds is 6. The molecule has 5 atom stereocenters. The maximum absolute atomic E-state index is 11.9. The van der Waals surface area contributed by atoms with E-state index >= 15 is 0 Å². The van der Waals surface area contributed by atoms with Gasteiger partial charge in [-0.25, -0.2) is 0 Å². The highest BCUT2D eigenvalue weighted by molar-refractivity contribution is 5.88. The number of aliphatic hydroxyl groups is 1. The third-order valence-corrected chi connectivity index (χ3v) is 7.07. The molecule has 0 heterocycles. The second-order valence-electron chi connectivity index (χ2n) is 9.36. The Morgan fingerprint density at radius 2 is 2.12 bits per heavy atom. The molecule has 0 aliphatic heterocycles. The summed E-state index contributed by atoms with van der Waals surface area (Å²) < 4.78 is 0. The lowest BCUT2D eigenvalue weighted by Gasteiger charge is -2.55. The van der Waals surface area contributed by atoms with Gasteiger partial charge in [-0.3, -0.25) is 4.79 Å². The first kappa shape index (κ1) is 21.2. The number of aliphatic hydroxyl groups excluding tert-OH is 1. The molecule has 26 heavy (non-hydrogen) atoms. The Bertz CT molecular complexity index is 548. The van der Waals surface area contributed by atoms with Gasteiger partial charge in [0, 0.05) is 12.6 Å². The normalized spacial score (nSPS) is 34.3. The number of nitrogens with one attached hydrogen (secondary N) is 1. The molecule has 5 unspecified atom stereocenters. The number of fused-ring (bicyclic) bond motifs is 1. The fourth-order valence-electron chi connectivity index (χ4n) is 5.37. The zero-order valence-corrected chi connectivity index (χ0v) is 17.5. The third-order valence-electron chi connectivity index (χ3n) is 7.07. The topological polar surface area (TPSA) is 49.3 Å². The highest BCUT2D eigenvalue weighted by atomic mass is 16.3. The van der Waals surface area contributed by atoms with Gasteiger partial charge in [0.25, 0.3) is 0 Å². The van der Waals surface area contributed by atoms with E-state index in [2.05, 4.69) is 46.5 Å². The molecule has 0 aromatic heterocycles. The van der Waals surface area contributed by atoms with Crippen molar-refractivity contribution in [2.24, 2.45) is 29.1 Å². The summed E-state index contributed by atoms with van der Waals surface area (Å²) >= 11 is 0. The highest BCUT2D eigenvalue weighted by Crippen LogP contribution is 2.56. The molecule has 148 valence electrons. The van der Waals surface area contributed by atoms with Gasteiger partial charge < -0.3 is 10.4 Å². The summed E-state index contributed by atoms with van der Waals surface area (Å²) in [4.78, 5) is 11.9. The van der Waals surface area contributed by atoms with Crippen molar-refractivity contribution in [2.45, 2.75) is 79.2 Å². The van der Waals surface area contributed by atoms with Crippen molar-refractivity contribution < 1.29 is 9.90 Å². The molecule has 3 nitrogen and oxygen atoms in total. The molecular weight excluding hydrogens is 322 g/mol. The first-order valence-corrected chi connectivity index (χ1v) is 10.5. The van der Waals surface area contributed by atoms with Crippen LogP contribution in [0.25, 0.3) is 0 Å². The van der Waals surface area contributed by atoms with E-state index < -0.39 is 0 Å². The standard InChI is InChI=1S/C23H39NO2/c1-7-12-24-21(26)13-15(2)8-10-18-16(3)9-11-19-22(18)17(4)14-20(25)23(19,5)6/h13,17-20,22,25H,3,7-12,14H2,1-2,4-6H3,(H,24,26)/b15-13+. The highest BCUT2D eigenvalue weighted by Gasteiger charge is 2.51. The van der Waals surface area contributed by atoms with Crippen LogP contribution in [0, 0.1) is 29.1 Å². The first-order valence-electron chi connectivity index (χ1n) is 10.5. The molecule has 2 N–H and O–H groups in total. The zero-order valence-electron chi connectivity index (χ0n) is 17.5. The minimum absolute atomic E-state index is 0.0128. The van der Waals surface area contributed by atoms with Crippen LogP contribution >= 0.6 is 0 Å². The number of amides is 1. The fraction of sp³-hybridized carbons (Fsp3) is 0.783. The SMILES string of the molecule is C=C1CCC2C(C(C)CC(O)C2(C)C)C1CC/C(C)=C/C(=O)NCCC. The Morgan fingerprint density at radius 1 is 1.42 bits per heavy atom. The van der Waals surface area contributed by atoms with Crippen LogP contribution < -0.4 is 5.32 Å². The van der Waals surface area contributed by atoms with Crippen molar-refractivity contribution in [1.82, 2.24) is 5.32 Å². The Balaban J connectivity index is 2.06. The van der Waals surface area contributed by atoms with Crippen molar-refractivity contribution in [2.75, 3.05) is 6.54 Å². The molecule has 2 fully saturated rings. The van der Waals surface area contributed by atoms with Crippen molar-refractivity contribution in [1.29, 1.82) is 0 Å². The molecular formula is C23H39NO2. The van der Waals surface area contributed by atoms with Crippen LogP contribution in [0.5, 0.6) is 0 Å². The van der Waals surface area contributed by atoms with E-state index in [0.29, 0.717) is 23.7 Å². The summed E-state index contributed by atoms with van der Waals surface area (Å²) in [5.41, 5.74) is 2.52. The van der Waals surface area contributed by atoms with Crippen LogP contribution in [0.2, 0.25) is 0 Å². The van der Waals surface area contributed by atoms with E-state index in [-0.39, 0.29) is 17.4 Å². The third kappa shape index (κ3) is 4.60. The average molecular weight is 362 g/mol. The summed E-state index contributed by atoms with van der Waals surface area (Å²) in [5.74, 6) is 2.24. The van der Waals surface area contributed by atoms with Gasteiger partial charge in [0.2, 0.25) is 5.91 Å². The smallest absolute Gasteiger partial charge is 0.243 e. The van der Waals surface area contributed by atoms with Crippen molar-refractivity contribution in [3.05, 3.63) is 23.8 Å². The lowest BCUT2D eigenvalue weighted by molar-refractivity contribution is -0.116. The maximum Gasteiger partial charge on any atom is 0.243 e. The largest absolute Gasteiger partial charge is 0.393 e. The van der Waals surface area contributed by atoms with Crippen LogP contribution in [0.1, 0.15) is 73.1 Å². The monoisotopic (exact) mass is 361 g/mol. The second-order valence-corrected chi connectivity index (χ2v) is 9.36. The number of hydrogen-bond donors (Lipinski definition) is 2. The lowest BCUT2D eigenvalue weighted by atomic mass is 9.50. The van der Waals surface area contributed by atoms with E-state index in [1.807, 2.05) is 0 Å². The van der Waals surface area contributed by atoms with Gasteiger partial charge in [-0.15, -0.1) is 0 Å². The van der Waals surface area contributed by atoms with Crippen LogP contribution in [0.15, 0.2) is 23.8 Å². The van der Waals surface area contributed by atoms with E-state index in [0.717, 1.165) is 50.6 Å². The quantitative estimate of drug-likeness (QED) is 0.524. The van der Waals surface area contributed by atoms with Crippen LogP contribution in [0.4, 0.5) is 0 Å². The average Bonchev–Trinajstić information content (AvgIpc) is 2.57. The Labute approximate surface area is 160 Å². The zero-order chi connectivity index (χ0) is 19.5. The molecule has 0 radical (unpaired) electrons. The summed E-state index contributed by atoms with van der Waals surface area (Å²) in [6.45, 7) is 16.1. The summed E-state index contributed by atoms with van der Waals surface area (Å²) in [5, 5.41) is 13.5. The molecule has 0 saturated heterocycles. The molecule has 2 rings (SSSR count). The number of carbonyl (C=O) groups is 1. The Hall–Kier alpha value is -1.09. The molecule has 3 heteroatoms. The van der Waals surface area contributed by atoms with Gasteiger partial charge in [0.1, 0.15) is 0 Å². The van der Waals surface area contributed by atoms with E-state index in [1.165, 1.54) is 5.57 Å². The van der Waals surface area contributed by atoms with Crippen LogP contribution in [-0.2, 0) is 4.79 Å². The Kier molecular flexibility index (Phi) is 7.12. The maximum atomic E-state index is 11.9. The number of carbonyl (C=O) groups excluding carboxylic acids is 1. The minimum Gasteiger partial charge on any atom is -0.393 e. The van der Waals surface area contributed by atoms with Gasteiger partial charge in [-0.1, -0.05) is 45.4 Å². The van der Waals surface area contributed by atoms with Gasteiger partial charge in [0.15, 0.2) is 0 Å². The molecule has 1 amide bonds. The molecule has 2 saturated carbocycles. The molecule has 0 bridgehead atoms. The van der Waals surface area contributed by atoms with E-state index in [1.54, 1.807) is 6.08 Å². The lowest BCUT2D eigenvalue weighted by Crippen LogP contribution is -2.52. The van der Waals surface area contributed by atoms with Crippen molar-refractivity contribution in [3.63, 3.8) is 0 Å². The van der Waals surface area contributed by atoms with Gasteiger partial charge in [-0.05, 0) is 74.5 Å². The Morgan fingerprint density at radius 3 is 2.77 bits per heavy atom. The molecule has 0 aromatic carbocycles.